The van der Waals surface area contributed by atoms with E-state index in [4.69, 9.17) is 33.2 Å². The second-order valence-corrected chi connectivity index (χ2v) is 19.7. The fraction of sp³-hybridized carbons (Fsp3) is 0.857. The fourth-order valence-electron chi connectivity index (χ4n) is 7.60. The maximum atomic E-state index is 13.4. The van der Waals surface area contributed by atoms with E-state index in [1.165, 1.54) is 6.92 Å². The number of nitrogens with zero attached hydrogens (tertiary/aromatic N) is 1. The molecule has 4 rings (SSSR count). The van der Waals surface area contributed by atoms with Crippen LogP contribution < -0.4 is 21.3 Å². The summed E-state index contributed by atoms with van der Waals surface area (Å²) in [6.45, 7) is 18.9. The molecule has 0 aromatic rings. The Morgan fingerprint density at radius 3 is 2.18 bits per heavy atom. The number of aliphatic hydroxyl groups is 3. The molecule has 1 unspecified atom stereocenters. The van der Waals surface area contributed by atoms with Crippen LogP contribution in [0.2, 0.25) is 0 Å². The molecule has 19 heteroatoms. The molecule has 0 aromatic heterocycles. The first kappa shape index (κ1) is 50.2. The van der Waals surface area contributed by atoms with E-state index in [0.717, 1.165) is 12.8 Å². The number of aliphatic hydroxyl groups excluding tert-OH is 2. The van der Waals surface area contributed by atoms with E-state index in [1.807, 2.05) is 26.8 Å². The number of alkyl carbamates (subject to hydrolysis) is 2. The molecule has 2 saturated heterocycles. The van der Waals surface area contributed by atoms with Crippen LogP contribution in [0, 0.1) is 0 Å². The summed E-state index contributed by atoms with van der Waals surface area (Å²) in [5.74, 6) is 0.176. The molecule has 0 radical (unpaired) electrons. The van der Waals surface area contributed by atoms with Gasteiger partial charge in [0, 0.05) is 44.9 Å². The van der Waals surface area contributed by atoms with Gasteiger partial charge in [-0.05, 0) is 107 Å². The Morgan fingerprint density at radius 1 is 0.885 bits per heavy atom. The highest BCUT2D eigenvalue weighted by molar-refractivity contribution is 5.76. The molecule has 3 fully saturated rings. The highest BCUT2D eigenvalue weighted by atomic mass is 16.7. The van der Waals surface area contributed by atoms with Crippen molar-refractivity contribution in [3.8, 4) is 0 Å². The highest BCUT2D eigenvalue weighted by Crippen LogP contribution is 2.33. The largest absolute Gasteiger partial charge is 0.468 e. The maximum Gasteiger partial charge on any atom is 0.410 e. The minimum atomic E-state index is -1.52. The molecule has 19 nitrogen and oxygen atoms in total. The van der Waals surface area contributed by atoms with E-state index in [2.05, 4.69) is 21.3 Å². The van der Waals surface area contributed by atoms with Crippen LogP contribution >= 0.6 is 0 Å². The van der Waals surface area contributed by atoms with Gasteiger partial charge < -0.3 is 74.6 Å². The zero-order valence-electron chi connectivity index (χ0n) is 37.7. The molecule has 1 saturated carbocycles. The number of hydrogen-bond donors (Lipinski definition) is 7. The monoisotopic (exact) mass is 872 g/mol. The molecule has 4 aliphatic rings. The molecule has 3 aliphatic heterocycles. The average Bonchev–Trinajstić information content (AvgIpc) is 3.57. The predicted molar refractivity (Wildman–Crippen MR) is 221 cm³/mol. The lowest BCUT2D eigenvalue weighted by atomic mass is 9.83. The van der Waals surface area contributed by atoms with Gasteiger partial charge in [-0.1, -0.05) is 0 Å². The summed E-state index contributed by atoms with van der Waals surface area (Å²) in [6.07, 6.45) is -4.19. The van der Waals surface area contributed by atoms with E-state index in [-0.39, 0.29) is 51.0 Å². The van der Waals surface area contributed by atoms with Gasteiger partial charge in [0.2, 0.25) is 5.91 Å². The summed E-state index contributed by atoms with van der Waals surface area (Å²) in [4.78, 5) is 53.3. The van der Waals surface area contributed by atoms with E-state index >= 15 is 0 Å². The molecular formula is C42H73N5O14. The maximum absolute atomic E-state index is 13.4. The number of carbonyl (C=O) groups excluding carboxylic acids is 4. The van der Waals surface area contributed by atoms with Crippen molar-refractivity contribution in [3.05, 3.63) is 11.8 Å². The molecule has 1 aliphatic carbocycles. The number of likely N-dealkylation sites (tertiary alicyclic amines) is 1. The summed E-state index contributed by atoms with van der Waals surface area (Å²) >= 11 is 0. The van der Waals surface area contributed by atoms with Gasteiger partial charge in [-0.2, -0.15) is 0 Å². The minimum absolute atomic E-state index is 0.000569. The lowest BCUT2D eigenvalue weighted by molar-refractivity contribution is -0.297. The molecule has 0 aromatic carbocycles. The van der Waals surface area contributed by atoms with Gasteiger partial charge in [0.15, 0.2) is 12.6 Å². The smallest absolute Gasteiger partial charge is 0.410 e. The van der Waals surface area contributed by atoms with Crippen molar-refractivity contribution < 1.29 is 67.7 Å². The standard InChI is InChI=1S/C42H73N5O14/c1-39(2,3)59-36(51)44-18-12-16-30(49)45-27-20-28(46-37(52)60-40(4,5)6)33(32(50)34(27)58-35-29(48)21-42(10,54)24-55-35)57-31-17-11-15-26(56-31)23-43-22-25-14-13-19-47(25)38(53)61-41(7,8)9/h15,25,27-29,31-35,43,48,50,54H,11-14,16-24H2,1-10H3,(H,44,51)(H,45,49)(H,46,52)/t25?,27-,28+,29-,31-,32+,33-,34+,35-,42-/m1/s1. The van der Waals surface area contributed by atoms with Gasteiger partial charge in [0.05, 0.1) is 30.8 Å². The Bertz CT molecular complexity index is 1510. The summed E-state index contributed by atoms with van der Waals surface area (Å²) in [7, 11) is 0. The van der Waals surface area contributed by atoms with Crippen molar-refractivity contribution in [3.63, 3.8) is 0 Å². The van der Waals surface area contributed by atoms with Crippen LogP contribution in [0.1, 0.15) is 121 Å². The molecular weight excluding hydrogens is 798 g/mol. The average molecular weight is 872 g/mol. The van der Waals surface area contributed by atoms with Crippen molar-refractivity contribution in [2.75, 3.05) is 32.8 Å². The second-order valence-electron chi connectivity index (χ2n) is 19.7. The van der Waals surface area contributed by atoms with E-state index in [0.29, 0.717) is 38.2 Å². The first-order valence-electron chi connectivity index (χ1n) is 21.6. The molecule has 3 heterocycles. The van der Waals surface area contributed by atoms with E-state index in [9.17, 15) is 34.5 Å². The van der Waals surface area contributed by atoms with Crippen LogP contribution in [-0.2, 0) is 38.0 Å². The third-order valence-corrected chi connectivity index (χ3v) is 10.1. The number of allylic oxidation sites excluding steroid dienone is 1. The number of nitrogens with one attached hydrogen (secondary N) is 4. The van der Waals surface area contributed by atoms with Crippen molar-refractivity contribution in [2.24, 2.45) is 0 Å². The highest BCUT2D eigenvalue weighted by Gasteiger charge is 2.51. The van der Waals surface area contributed by atoms with E-state index in [1.54, 1.807) is 46.4 Å². The summed E-state index contributed by atoms with van der Waals surface area (Å²) in [6, 6.07) is -1.92. The van der Waals surface area contributed by atoms with Crippen LogP contribution in [0.25, 0.3) is 0 Å². The Hall–Kier alpha value is -3.46. The third-order valence-electron chi connectivity index (χ3n) is 10.1. The zero-order chi connectivity index (χ0) is 45.3. The van der Waals surface area contributed by atoms with E-state index < -0.39 is 89.6 Å². The van der Waals surface area contributed by atoms with Crippen molar-refractivity contribution in [2.45, 2.75) is 198 Å². The molecule has 7 N–H and O–H groups in total. The van der Waals surface area contributed by atoms with Crippen molar-refractivity contribution in [1.29, 1.82) is 0 Å². The Morgan fingerprint density at radius 2 is 1.52 bits per heavy atom. The molecule has 61 heavy (non-hydrogen) atoms. The lowest BCUT2D eigenvalue weighted by Gasteiger charge is -2.47. The van der Waals surface area contributed by atoms with Crippen molar-refractivity contribution >= 4 is 24.2 Å². The van der Waals surface area contributed by atoms with Gasteiger partial charge >= 0.3 is 18.3 Å². The molecule has 0 spiro atoms. The minimum Gasteiger partial charge on any atom is -0.468 e. The van der Waals surface area contributed by atoms with Gasteiger partial charge in [0.1, 0.15) is 47.0 Å². The topological polar surface area (TPSA) is 245 Å². The SMILES string of the molecule is CC(C)(C)OC(=O)NCCCC(=O)N[C@@H]1C[C@H](NC(=O)OC(C)(C)C)[C@@H](O[C@@H]2CCC=C(CNCC3CCCN3C(=O)OC(C)(C)C)O2)[C@H](O)[C@H]1O[C@H]1OC[C@](C)(O)C[C@H]1O. The number of hydrogen-bond acceptors (Lipinski definition) is 15. The summed E-state index contributed by atoms with van der Waals surface area (Å²) in [5.41, 5.74) is -3.44. The molecule has 10 atom stereocenters. The van der Waals surface area contributed by atoms with Gasteiger partial charge in [-0.3, -0.25) is 4.79 Å². The van der Waals surface area contributed by atoms with Crippen LogP contribution in [0.4, 0.5) is 14.4 Å². The predicted octanol–water partition coefficient (Wildman–Crippen LogP) is 3.07. The molecule has 4 amide bonds. The van der Waals surface area contributed by atoms with Crippen molar-refractivity contribution in [1.82, 2.24) is 26.2 Å². The fourth-order valence-corrected chi connectivity index (χ4v) is 7.60. The Labute approximate surface area is 360 Å². The van der Waals surface area contributed by atoms with Crippen LogP contribution in [0.5, 0.6) is 0 Å². The molecule has 0 bridgehead atoms. The van der Waals surface area contributed by atoms with Gasteiger partial charge in [-0.15, -0.1) is 0 Å². The van der Waals surface area contributed by atoms with Gasteiger partial charge in [-0.25, -0.2) is 14.4 Å². The third kappa shape index (κ3) is 17.0. The van der Waals surface area contributed by atoms with Crippen LogP contribution in [-0.4, -0.2) is 155 Å². The normalized spacial score (nSPS) is 31.0. The quantitative estimate of drug-likeness (QED) is 0.0980. The second kappa shape index (κ2) is 21.3. The Balaban J connectivity index is 1.47. The van der Waals surface area contributed by atoms with Crippen LogP contribution in [0.3, 0.4) is 0 Å². The zero-order valence-corrected chi connectivity index (χ0v) is 37.7. The number of ether oxygens (including phenoxy) is 7. The summed E-state index contributed by atoms with van der Waals surface area (Å²) < 4.78 is 41.2. The number of amides is 4. The summed E-state index contributed by atoms with van der Waals surface area (Å²) in [5, 5.41) is 45.3. The number of rotatable bonds is 14. The first-order valence-corrected chi connectivity index (χ1v) is 21.6. The molecule has 350 valence electrons. The van der Waals surface area contributed by atoms with Crippen LogP contribution in [0.15, 0.2) is 11.8 Å². The van der Waals surface area contributed by atoms with Gasteiger partial charge in [0.25, 0.3) is 0 Å². The Kier molecular flexibility index (Phi) is 17.5. The first-order chi connectivity index (χ1) is 28.3. The lowest BCUT2D eigenvalue weighted by Crippen LogP contribution is -2.67. The number of carbonyl (C=O) groups is 4.